The van der Waals surface area contributed by atoms with Crippen LogP contribution in [0, 0.1) is 0 Å². The van der Waals surface area contributed by atoms with Gasteiger partial charge in [0.15, 0.2) is 11.5 Å². The van der Waals surface area contributed by atoms with Crippen molar-refractivity contribution in [3.8, 4) is 23.0 Å². The lowest BCUT2D eigenvalue weighted by Gasteiger charge is -2.29. The number of aryl methyl sites for hydroxylation is 1. The van der Waals surface area contributed by atoms with Gasteiger partial charge in [0.1, 0.15) is 37.4 Å². The van der Waals surface area contributed by atoms with Gasteiger partial charge < -0.3 is 18.9 Å². The SMILES string of the molecule is c1ccc2c(c1)CCC(c1ccc3c(c1)SC(c1ccc4c(c1)OCCO4)CO3)O2. The average molecular weight is 419 g/mol. The van der Waals surface area contributed by atoms with Gasteiger partial charge in [-0.1, -0.05) is 30.3 Å². The fraction of sp³-hybridized carbons (Fsp3) is 0.280. The molecule has 0 amide bonds. The topological polar surface area (TPSA) is 36.9 Å². The van der Waals surface area contributed by atoms with E-state index in [1.807, 2.05) is 23.9 Å². The first kappa shape index (κ1) is 18.0. The fourth-order valence-electron chi connectivity index (χ4n) is 4.27. The number of para-hydroxylation sites is 1. The van der Waals surface area contributed by atoms with Gasteiger partial charge in [0.05, 0.1) is 10.1 Å². The standard InChI is InChI=1S/C25H22O4S/c1-2-4-19-16(3-1)5-8-20(29-19)17-6-10-22-24(14-17)30-25(15-28-22)18-7-9-21-23(13-18)27-12-11-26-21/h1-4,6-7,9-10,13-14,20,25H,5,8,11-12,15H2. The van der Waals surface area contributed by atoms with Crippen molar-refractivity contribution >= 4 is 11.8 Å². The third kappa shape index (κ3) is 3.27. The van der Waals surface area contributed by atoms with Crippen molar-refractivity contribution in [3.63, 3.8) is 0 Å². The Morgan fingerprint density at radius 3 is 2.53 bits per heavy atom. The highest BCUT2D eigenvalue weighted by Gasteiger charge is 2.27. The summed E-state index contributed by atoms with van der Waals surface area (Å²) >= 11 is 1.85. The summed E-state index contributed by atoms with van der Waals surface area (Å²) in [5.41, 5.74) is 3.70. The minimum absolute atomic E-state index is 0.0838. The molecule has 3 aliphatic heterocycles. The molecule has 30 heavy (non-hydrogen) atoms. The molecule has 0 aliphatic carbocycles. The summed E-state index contributed by atoms with van der Waals surface area (Å²) in [6.07, 6.45) is 2.12. The lowest BCUT2D eigenvalue weighted by molar-refractivity contribution is 0.171. The van der Waals surface area contributed by atoms with E-state index >= 15 is 0 Å². The lowest BCUT2D eigenvalue weighted by atomic mass is 9.97. The van der Waals surface area contributed by atoms with E-state index in [2.05, 4.69) is 48.5 Å². The van der Waals surface area contributed by atoms with E-state index in [1.54, 1.807) is 0 Å². The van der Waals surface area contributed by atoms with Crippen molar-refractivity contribution in [2.24, 2.45) is 0 Å². The van der Waals surface area contributed by atoms with Crippen molar-refractivity contribution in [1.29, 1.82) is 0 Å². The van der Waals surface area contributed by atoms with Gasteiger partial charge in [-0.15, -0.1) is 11.8 Å². The predicted octanol–water partition coefficient (Wildman–Crippen LogP) is 5.75. The Morgan fingerprint density at radius 1 is 0.733 bits per heavy atom. The van der Waals surface area contributed by atoms with Crippen LogP contribution in [-0.2, 0) is 6.42 Å². The van der Waals surface area contributed by atoms with Gasteiger partial charge in [0.25, 0.3) is 0 Å². The summed E-state index contributed by atoms with van der Waals surface area (Å²) in [5, 5.41) is 0.219. The normalized spacial score (nSPS) is 21.6. The summed E-state index contributed by atoms with van der Waals surface area (Å²) in [5.74, 6) is 3.61. The zero-order chi connectivity index (χ0) is 19.9. The Morgan fingerprint density at radius 2 is 1.57 bits per heavy atom. The van der Waals surface area contributed by atoms with Crippen molar-refractivity contribution < 1.29 is 18.9 Å². The largest absolute Gasteiger partial charge is 0.491 e. The first-order valence-electron chi connectivity index (χ1n) is 10.4. The Labute approximate surface area is 180 Å². The molecule has 0 N–H and O–H groups in total. The maximum Gasteiger partial charge on any atom is 0.161 e. The molecule has 4 nitrogen and oxygen atoms in total. The minimum Gasteiger partial charge on any atom is -0.491 e. The van der Waals surface area contributed by atoms with Gasteiger partial charge in [0, 0.05) is 0 Å². The van der Waals surface area contributed by atoms with Crippen LogP contribution in [0.1, 0.15) is 34.5 Å². The second-order valence-corrected chi connectivity index (χ2v) is 9.02. The number of hydrogen-bond acceptors (Lipinski definition) is 5. The predicted molar refractivity (Wildman–Crippen MR) is 116 cm³/mol. The minimum atomic E-state index is 0.0838. The molecule has 5 heteroatoms. The van der Waals surface area contributed by atoms with Gasteiger partial charge in [0.2, 0.25) is 0 Å². The third-order valence-electron chi connectivity index (χ3n) is 5.85. The van der Waals surface area contributed by atoms with Gasteiger partial charge >= 0.3 is 0 Å². The maximum absolute atomic E-state index is 6.30. The molecule has 3 aromatic carbocycles. The number of rotatable bonds is 2. The van der Waals surface area contributed by atoms with Crippen LogP contribution in [0.25, 0.3) is 0 Å². The molecule has 3 heterocycles. The number of hydrogen-bond donors (Lipinski definition) is 0. The molecule has 0 bridgehead atoms. The molecule has 2 unspecified atom stereocenters. The van der Waals surface area contributed by atoms with Crippen LogP contribution >= 0.6 is 11.8 Å². The Hall–Kier alpha value is -2.79. The molecule has 3 aliphatic rings. The van der Waals surface area contributed by atoms with Gasteiger partial charge in [-0.2, -0.15) is 0 Å². The van der Waals surface area contributed by atoms with E-state index in [0.29, 0.717) is 19.8 Å². The number of benzene rings is 3. The first-order chi connectivity index (χ1) is 14.8. The highest BCUT2D eigenvalue weighted by Crippen LogP contribution is 2.47. The van der Waals surface area contributed by atoms with Crippen LogP contribution < -0.4 is 18.9 Å². The monoisotopic (exact) mass is 418 g/mol. The molecule has 0 saturated carbocycles. The summed E-state index contributed by atoms with van der Waals surface area (Å²) in [6.45, 7) is 1.85. The summed E-state index contributed by atoms with van der Waals surface area (Å²) in [6, 6.07) is 21.0. The van der Waals surface area contributed by atoms with Gasteiger partial charge in [-0.25, -0.2) is 0 Å². The quantitative estimate of drug-likeness (QED) is 0.530. The van der Waals surface area contributed by atoms with Crippen LogP contribution in [-0.4, -0.2) is 19.8 Å². The van der Waals surface area contributed by atoms with E-state index in [9.17, 15) is 0 Å². The second kappa shape index (κ2) is 7.47. The van der Waals surface area contributed by atoms with E-state index in [0.717, 1.165) is 35.8 Å². The smallest absolute Gasteiger partial charge is 0.161 e. The molecule has 0 fully saturated rings. The van der Waals surface area contributed by atoms with Crippen molar-refractivity contribution in [2.75, 3.05) is 19.8 Å². The molecule has 2 atom stereocenters. The molecule has 0 aromatic heterocycles. The highest BCUT2D eigenvalue weighted by molar-refractivity contribution is 7.99. The summed E-state index contributed by atoms with van der Waals surface area (Å²) < 4.78 is 23.8. The van der Waals surface area contributed by atoms with Crippen LogP contribution in [0.15, 0.2) is 65.6 Å². The third-order valence-corrected chi connectivity index (χ3v) is 7.12. The molecule has 152 valence electrons. The highest BCUT2D eigenvalue weighted by atomic mass is 32.2. The number of fused-ring (bicyclic) bond motifs is 3. The van der Waals surface area contributed by atoms with Crippen LogP contribution in [0.5, 0.6) is 23.0 Å². The van der Waals surface area contributed by atoms with Crippen molar-refractivity contribution in [3.05, 3.63) is 77.4 Å². The van der Waals surface area contributed by atoms with Crippen molar-refractivity contribution in [1.82, 2.24) is 0 Å². The Kier molecular flexibility index (Phi) is 4.49. The van der Waals surface area contributed by atoms with E-state index in [-0.39, 0.29) is 11.4 Å². The van der Waals surface area contributed by atoms with Crippen LogP contribution in [0.4, 0.5) is 0 Å². The molecule has 0 saturated heterocycles. The zero-order valence-corrected chi connectivity index (χ0v) is 17.3. The van der Waals surface area contributed by atoms with Gasteiger partial charge in [-0.3, -0.25) is 0 Å². The van der Waals surface area contributed by atoms with Crippen LogP contribution in [0.2, 0.25) is 0 Å². The maximum atomic E-state index is 6.30. The Balaban J connectivity index is 1.24. The van der Waals surface area contributed by atoms with Gasteiger partial charge in [-0.05, 0) is 59.9 Å². The molecule has 6 rings (SSSR count). The molecule has 0 radical (unpaired) electrons. The fourth-order valence-corrected chi connectivity index (χ4v) is 5.44. The van der Waals surface area contributed by atoms with Crippen molar-refractivity contribution in [2.45, 2.75) is 29.1 Å². The van der Waals surface area contributed by atoms with Crippen LogP contribution in [0.3, 0.4) is 0 Å². The summed E-state index contributed by atoms with van der Waals surface area (Å²) in [7, 11) is 0. The zero-order valence-electron chi connectivity index (χ0n) is 16.5. The number of ether oxygens (including phenoxy) is 4. The molecular formula is C25H22O4S. The average Bonchev–Trinajstić information content (AvgIpc) is 2.82. The molecule has 0 spiro atoms. The molecular weight excluding hydrogens is 396 g/mol. The van der Waals surface area contributed by atoms with E-state index < -0.39 is 0 Å². The molecule has 3 aromatic rings. The van der Waals surface area contributed by atoms with E-state index in [4.69, 9.17) is 18.9 Å². The van der Waals surface area contributed by atoms with E-state index in [1.165, 1.54) is 21.6 Å². The first-order valence-corrected chi connectivity index (χ1v) is 11.3. The Bertz CT molecular complexity index is 1100. The second-order valence-electron chi connectivity index (χ2n) is 7.78. The number of thioether (sulfide) groups is 1. The lowest BCUT2D eigenvalue weighted by Crippen LogP contribution is -2.17. The summed E-state index contributed by atoms with van der Waals surface area (Å²) in [4.78, 5) is 1.17.